The molecule has 0 aliphatic carbocycles. The van der Waals surface area contributed by atoms with Crippen LogP contribution in [0.4, 0.5) is 18.9 Å². The molecule has 1 aromatic carbocycles. The predicted molar refractivity (Wildman–Crippen MR) is 84.4 cm³/mol. The number of rotatable bonds is 3. The van der Waals surface area contributed by atoms with Crippen molar-refractivity contribution >= 4 is 5.69 Å². The van der Waals surface area contributed by atoms with Crippen LogP contribution in [-0.4, -0.2) is 24.2 Å². The van der Waals surface area contributed by atoms with Crippen LogP contribution in [0.15, 0.2) is 47.4 Å². The summed E-state index contributed by atoms with van der Waals surface area (Å²) >= 11 is 0. The lowest BCUT2D eigenvalue weighted by Gasteiger charge is -2.34. The topological polar surface area (TPSA) is 45.3 Å². The summed E-state index contributed by atoms with van der Waals surface area (Å²) in [4.78, 5) is 16.0. The number of halogens is 3. The average Bonchev–Trinajstić information content (AvgIpc) is 2.55. The summed E-state index contributed by atoms with van der Waals surface area (Å²) in [7, 11) is 0. The molecular formula is C17H17F3N2O2. The normalized spacial score (nSPS) is 18.5. The molecule has 2 heterocycles. The van der Waals surface area contributed by atoms with Crippen molar-refractivity contribution in [3.63, 3.8) is 0 Å². The fourth-order valence-electron chi connectivity index (χ4n) is 2.81. The molecule has 0 spiro atoms. The van der Waals surface area contributed by atoms with E-state index in [0.717, 1.165) is 37.2 Å². The second kappa shape index (κ2) is 6.59. The number of H-pyrrole nitrogens is 1. The van der Waals surface area contributed by atoms with Crippen LogP contribution in [0.3, 0.4) is 0 Å². The number of anilines is 1. The summed E-state index contributed by atoms with van der Waals surface area (Å²) in [5, 5.41) is 0. The monoisotopic (exact) mass is 338 g/mol. The molecule has 1 aromatic heterocycles. The Morgan fingerprint density at radius 3 is 2.58 bits per heavy atom. The van der Waals surface area contributed by atoms with Crippen LogP contribution in [0.5, 0.6) is 5.75 Å². The van der Waals surface area contributed by atoms with Crippen molar-refractivity contribution < 1.29 is 17.9 Å². The van der Waals surface area contributed by atoms with Crippen molar-refractivity contribution in [3.05, 3.63) is 58.5 Å². The van der Waals surface area contributed by atoms with Gasteiger partial charge >= 0.3 is 6.18 Å². The van der Waals surface area contributed by atoms with Crippen LogP contribution in [0.2, 0.25) is 0 Å². The summed E-state index contributed by atoms with van der Waals surface area (Å²) in [6.07, 6.45) is -1.17. The number of hydrogen-bond acceptors (Lipinski definition) is 3. The van der Waals surface area contributed by atoms with Gasteiger partial charge in [0.15, 0.2) is 0 Å². The number of aromatic amines is 1. The van der Waals surface area contributed by atoms with Crippen LogP contribution in [0.1, 0.15) is 18.4 Å². The van der Waals surface area contributed by atoms with Gasteiger partial charge in [0.1, 0.15) is 11.9 Å². The Morgan fingerprint density at radius 2 is 1.92 bits per heavy atom. The number of aromatic nitrogens is 1. The first-order chi connectivity index (χ1) is 11.4. The summed E-state index contributed by atoms with van der Waals surface area (Å²) in [6.45, 7) is 1.40. The molecule has 0 radical (unpaired) electrons. The van der Waals surface area contributed by atoms with E-state index in [-0.39, 0.29) is 11.7 Å². The summed E-state index contributed by atoms with van der Waals surface area (Å²) < 4.78 is 43.5. The predicted octanol–water partition coefficient (Wildman–Crippen LogP) is 3.44. The lowest BCUT2D eigenvalue weighted by Crippen LogP contribution is -2.41. The smallest absolute Gasteiger partial charge is 0.416 e. The minimum atomic E-state index is -4.35. The number of nitrogens with one attached hydrogen (secondary N) is 1. The maximum atomic E-state index is 12.6. The Bertz CT molecular complexity index is 740. The zero-order valence-corrected chi connectivity index (χ0v) is 12.8. The molecular weight excluding hydrogens is 321 g/mol. The number of hydrogen-bond donors (Lipinski definition) is 1. The number of ether oxygens (including phenoxy) is 1. The van der Waals surface area contributed by atoms with E-state index in [4.69, 9.17) is 4.74 Å². The molecule has 3 rings (SSSR count). The van der Waals surface area contributed by atoms with Gasteiger partial charge in [0.25, 0.3) is 0 Å². The third-order valence-corrected chi connectivity index (χ3v) is 3.99. The van der Waals surface area contributed by atoms with Crippen molar-refractivity contribution in [1.82, 2.24) is 4.98 Å². The SMILES string of the molecule is O=c1cc(N2CCCC(Oc3ccc(C(F)(F)F)cc3)C2)cc[nH]1. The Labute approximate surface area is 136 Å². The van der Waals surface area contributed by atoms with E-state index in [2.05, 4.69) is 4.98 Å². The third kappa shape index (κ3) is 3.90. The van der Waals surface area contributed by atoms with Crippen LogP contribution >= 0.6 is 0 Å². The molecule has 1 aliphatic rings. The van der Waals surface area contributed by atoms with Crippen LogP contribution in [0.25, 0.3) is 0 Å². The Hall–Kier alpha value is -2.44. The average molecular weight is 338 g/mol. The number of benzene rings is 1. The van der Waals surface area contributed by atoms with Gasteiger partial charge in [-0.3, -0.25) is 4.79 Å². The molecule has 128 valence electrons. The molecule has 1 aliphatic heterocycles. The standard InChI is InChI=1S/C17H17F3N2O2/c18-17(19,20)12-3-5-14(6-4-12)24-15-2-1-9-22(11-15)13-7-8-21-16(23)10-13/h3-8,10,15H,1-2,9,11H2,(H,21,23). The van der Waals surface area contributed by atoms with Crippen LogP contribution in [-0.2, 0) is 6.18 Å². The quantitative estimate of drug-likeness (QED) is 0.932. The lowest BCUT2D eigenvalue weighted by atomic mass is 10.1. The largest absolute Gasteiger partial charge is 0.489 e. The molecule has 4 nitrogen and oxygen atoms in total. The van der Waals surface area contributed by atoms with Gasteiger partial charge in [0.05, 0.1) is 12.1 Å². The van der Waals surface area contributed by atoms with Crippen LogP contribution in [0, 0.1) is 0 Å². The van der Waals surface area contributed by atoms with Gasteiger partial charge in [-0.15, -0.1) is 0 Å². The first-order valence-corrected chi connectivity index (χ1v) is 7.69. The minimum absolute atomic E-state index is 0.130. The molecule has 1 unspecified atom stereocenters. The van der Waals surface area contributed by atoms with E-state index in [9.17, 15) is 18.0 Å². The number of piperidine rings is 1. The molecule has 2 aromatic rings. The van der Waals surface area contributed by atoms with Crippen molar-refractivity contribution in [1.29, 1.82) is 0 Å². The highest BCUT2D eigenvalue weighted by molar-refractivity contribution is 5.45. The summed E-state index contributed by atoms with van der Waals surface area (Å²) in [5.41, 5.74) is -0.0404. The second-order valence-electron chi connectivity index (χ2n) is 5.76. The lowest BCUT2D eigenvalue weighted by molar-refractivity contribution is -0.137. The van der Waals surface area contributed by atoms with E-state index in [1.807, 2.05) is 11.0 Å². The molecule has 1 atom stereocenters. The van der Waals surface area contributed by atoms with Gasteiger partial charge in [-0.2, -0.15) is 13.2 Å². The third-order valence-electron chi connectivity index (χ3n) is 3.99. The first kappa shape index (κ1) is 16.4. The van der Waals surface area contributed by atoms with E-state index < -0.39 is 11.7 Å². The number of alkyl halides is 3. The van der Waals surface area contributed by atoms with E-state index in [0.29, 0.717) is 12.3 Å². The van der Waals surface area contributed by atoms with Crippen molar-refractivity contribution in [2.24, 2.45) is 0 Å². The summed E-state index contributed by atoms with van der Waals surface area (Å²) in [6, 6.07) is 8.08. The van der Waals surface area contributed by atoms with Gasteiger partial charge < -0.3 is 14.6 Å². The van der Waals surface area contributed by atoms with Crippen molar-refractivity contribution in [2.75, 3.05) is 18.0 Å². The zero-order chi connectivity index (χ0) is 17.2. The fourth-order valence-corrected chi connectivity index (χ4v) is 2.81. The van der Waals surface area contributed by atoms with Gasteiger partial charge in [0.2, 0.25) is 5.56 Å². The fraction of sp³-hybridized carbons (Fsp3) is 0.353. The van der Waals surface area contributed by atoms with Crippen molar-refractivity contribution in [3.8, 4) is 5.75 Å². The van der Waals surface area contributed by atoms with Crippen molar-refractivity contribution in [2.45, 2.75) is 25.1 Å². The Balaban J connectivity index is 1.66. The zero-order valence-electron chi connectivity index (χ0n) is 12.8. The number of nitrogens with zero attached hydrogens (tertiary/aromatic N) is 1. The number of pyridine rings is 1. The second-order valence-corrected chi connectivity index (χ2v) is 5.76. The highest BCUT2D eigenvalue weighted by Gasteiger charge is 2.30. The minimum Gasteiger partial charge on any atom is -0.489 e. The highest BCUT2D eigenvalue weighted by Crippen LogP contribution is 2.31. The first-order valence-electron chi connectivity index (χ1n) is 7.69. The van der Waals surface area contributed by atoms with Gasteiger partial charge in [-0.25, -0.2) is 0 Å². The molecule has 0 amide bonds. The summed E-state index contributed by atoms with van der Waals surface area (Å²) in [5.74, 6) is 0.417. The molecule has 1 N–H and O–H groups in total. The molecule has 1 saturated heterocycles. The Morgan fingerprint density at radius 1 is 1.17 bits per heavy atom. The molecule has 1 fully saturated rings. The van der Waals surface area contributed by atoms with Gasteiger partial charge in [0, 0.05) is 24.5 Å². The van der Waals surface area contributed by atoms with Crippen LogP contribution < -0.4 is 15.2 Å². The Kier molecular flexibility index (Phi) is 4.51. The van der Waals surface area contributed by atoms with E-state index in [1.165, 1.54) is 18.2 Å². The molecule has 0 bridgehead atoms. The maximum Gasteiger partial charge on any atom is 0.416 e. The van der Waals surface area contributed by atoms with Gasteiger partial charge in [-0.05, 0) is 43.2 Å². The molecule has 7 heteroatoms. The molecule has 24 heavy (non-hydrogen) atoms. The van der Waals surface area contributed by atoms with E-state index >= 15 is 0 Å². The maximum absolute atomic E-state index is 12.6. The molecule has 0 saturated carbocycles. The van der Waals surface area contributed by atoms with E-state index in [1.54, 1.807) is 6.20 Å². The van der Waals surface area contributed by atoms with Gasteiger partial charge in [-0.1, -0.05) is 0 Å². The highest BCUT2D eigenvalue weighted by atomic mass is 19.4.